The molecule has 0 fully saturated rings. The molecule has 3 N–H and O–H groups in total. The van der Waals surface area contributed by atoms with Crippen molar-refractivity contribution in [2.45, 2.75) is 20.8 Å². The summed E-state index contributed by atoms with van der Waals surface area (Å²) in [5, 5.41) is 15.0. The number of halogens is 1. The molecule has 0 aliphatic heterocycles. The van der Waals surface area contributed by atoms with Gasteiger partial charge in [-0.05, 0) is 55.9 Å². The number of aldehydes is 1. The Morgan fingerprint density at radius 3 is 2.34 bits per heavy atom. The molecule has 1 amide bonds. The fourth-order valence-electron chi connectivity index (χ4n) is 4.44. The minimum atomic E-state index is -0.366. The Morgan fingerprint density at radius 2 is 1.80 bits per heavy atom. The number of aliphatic hydroxyl groups is 1. The van der Waals surface area contributed by atoms with Crippen LogP contribution in [0.3, 0.4) is 0 Å². The molecule has 4 rings (SSSR count). The number of furan rings is 1. The van der Waals surface area contributed by atoms with Gasteiger partial charge in [0.25, 0.3) is 5.91 Å². The van der Waals surface area contributed by atoms with Crippen molar-refractivity contribution in [3.8, 4) is 22.5 Å². The molecule has 0 bridgehead atoms. The molecule has 41 heavy (non-hydrogen) atoms. The lowest BCUT2D eigenvalue weighted by Crippen LogP contribution is -2.29. The van der Waals surface area contributed by atoms with E-state index >= 15 is 0 Å². The number of carbonyl (C=O) groups is 2. The van der Waals surface area contributed by atoms with Gasteiger partial charge < -0.3 is 24.5 Å². The van der Waals surface area contributed by atoms with Crippen molar-refractivity contribution < 1.29 is 23.5 Å². The third kappa shape index (κ3) is 7.55. The van der Waals surface area contributed by atoms with Gasteiger partial charge in [-0.15, -0.1) is 0 Å². The van der Waals surface area contributed by atoms with E-state index in [1.54, 1.807) is 37.2 Å². The van der Waals surface area contributed by atoms with Crippen molar-refractivity contribution in [3.63, 3.8) is 0 Å². The van der Waals surface area contributed by atoms with Crippen LogP contribution < -0.4 is 14.9 Å². The molecule has 0 aliphatic carbocycles. The highest BCUT2D eigenvalue weighted by molar-refractivity contribution is 8.00. The van der Waals surface area contributed by atoms with Crippen molar-refractivity contribution in [3.05, 3.63) is 77.6 Å². The SMILES string of the molecule is CCN(SC)c1cc2oc(-c3ccc(F)cc3)c(C(=O)NC)c2cc1-c1cccc(C=O)c1.CNCC(C)(C)CO. The average molecular weight is 580 g/mol. The first-order valence-electron chi connectivity index (χ1n) is 13.3. The number of fused-ring (bicyclic) bond motifs is 1. The quantitative estimate of drug-likeness (QED) is 0.148. The van der Waals surface area contributed by atoms with E-state index in [2.05, 4.69) is 14.9 Å². The van der Waals surface area contributed by atoms with Gasteiger partial charge >= 0.3 is 0 Å². The number of carbonyl (C=O) groups excluding carboxylic acids is 2. The van der Waals surface area contributed by atoms with Crippen molar-refractivity contribution in [2.75, 3.05) is 44.4 Å². The van der Waals surface area contributed by atoms with E-state index in [0.717, 1.165) is 36.2 Å². The fourth-order valence-corrected chi connectivity index (χ4v) is 5.04. The van der Waals surface area contributed by atoms with E-state index < -0.39 is 0 Å². The van der Waals surface area contributed by atoms with Crippen molar-refractivity contribution in [1.82, 2.24) is 10.6 Å². The summed E-state index contributed by atoms with van der Waals surface area (Å²) in [4.78, 5) is 24.3. The summed E-state index contributed by atoms with van der Waals surface area (Å²) < 4.78 is 21.8. The Balaban J connectivity index is 0.000000507. The Morgan fingerprint density at radius 1 is 1.10 bits per heavy atom. The first-order valence-corrected chi connectivity index (χ1v) is 14.5. The lowest BCUT2D eigenvalue weighted by atomic mass is 9.95. The van der Waals surface area contributed by atoms with E-state index in [1.807, 2.05) is 64.4 Å². The molecule has 1 heterocycles. The van der Waals surface area contributed by atoms with Gasteiger partial charge in [0.2, 0.25) is 0 Å². The zero-order valence-electron chi connectivity index (χ0n) is 24.4. The summed E-state index contributed by atoms with van der Waals surface area (Å²) in [5.41, 5.74) is 4.77. The minimum absolute atomic E-state index is 0.0365. The number of rotatable bonds is 10. The Bertz CT molecular complexity index is 1480. The zero-order chi connectivity index (χ0) is 30.2. The largest absolute Gasteiger partial charge is 0.455 e. The second-order valence-electron chi connectivity index (χ2n) is 10.2. The average Bonchev–Trinajstić information content (AvgIpc) is 3.36. The van der Waals surface area contributed by atoms with E-state index in [1.165, 1.54) is 12.1 Å². The number of hydrogen-bond donors (Lipinski definition) is 3. The molecule has 0 radical (unpaired) electrons. The maximum Gasteiger partial charge on any atom is 0.255 e. The summed E-state index contributed by atoms with van der Waals surface area (Å²) in [7, 11) is 3.45. The molecule has 4 aromatic rings. The van der Waals surface area contributed by atoms with E-state index in [9.17, 15) is 14.0 Å². The highest BCUT2D eigenvalue weighted by Gasteiger charge is 2.24. The number of anilines is 1. The number of aliphatic hydroxyl groups excluding tert-OH is 1. The van der Waals surface area contributed by atoms with Gasteiger partial charge in [0.15, 0.2) is 0 Å². The molecule has 0 aliphatic rings. The predicted molar refractivity (Wildman–Crippen MR) is 167 cm³/mol. The molecular weight excluding hydrogens is 541 g/mol. The number of nitrogens with zero attached hydrogens (tertiary/aromatic N) is 1. The maximum atomic E-state index is 13.5. The maximum absolute atomic E-state index is 13.5. The fraction of sp³-hybridized carbons (Fsp3) is 0.312. The summed E-state index contributed by atoms with van der Waals surface area (Å²) in [6, 6.07) is 17.0. The van der Waals surface area contributed by atoms with Crippen molar-refractivity contribution in [2.24, 2.45) is 5.41 Å². The van der Waals surface area contributed by atoms with Crippen LogP contribution in [0.15, 0.2) is 65.1 Å². The molecule has 0 unspecified atom stereocenters. The molecule has 0 atom stereocenters. The van der Waals surface area contributed by atoms with Gasteiger partial charge in [0, 0.05) is 66.6 Å². The molecular formula is C32H38FN3O4S. The highest BCUT2D eigenvalue weighted by atomic mass is 32.2. The Hall–Kier alpha value is -3.66. The van der Waals surface area contributed by atoms with Crippen LogP contribution in [0.4, 0.5) is 10.1 Å². The van der Waals surface area contributed by atoms with Gasteiger partial charge in [-0.2, -0.15) is 0 Å². The first kappa shape index (κ1) is 31.9. The monoisotopic (exact) mass is 579 g/mol. The molecule has 218 valence electrons. The van der Waals surface area contributed by atoms with Crippen LogP contribution in [0.5, 0.6) is 0 Å². The van der Waals surface area contributed by atoms with E-state index in [4.69, 9.17) is 9.52 Å². The zero-order valence-corrected chi connectivity index (χ0v) is 25.2. The smallest absolute Gasteiger partial charge is 0.255 e. The van der Waals surface area contributed by atoms with Crippen LogP contribution in [0.1, 0.15) is 41.5 Å². The first-order chi connectivity index (χ1) is 19.6. The lowest BCUT2D eigenvalue weighted by Gasteiger charge is -2.23. The minimum Gasteiger partial charge on any atom is -0.455 e. The van der Waals surface area contributed by atoms with Crippen molar-refractivity contribution in [1.29, 1.82) is 0 Å². The topological polar surface area (TPSA) is 94.8 Å². The molecule has 9 heteroatoms. The van der Waals surface area contributed by atoms with Crippen LogP contribution >= 0.6 is 11.9 Å². The normalized spacial score (nSPS) is 11.1. The third-order valence-electron chi connectivity index (χ3n) is 6.56. The van der Waals surface area contributed by atoms with Gasteiger partial charge in [0.1, 0.15) is 23.4 Å². The van der Waals surface area contributed by atoms with Gasteiger partial charge in [0.05, 0.1) is 11.3 Å². The number of nitrogens with one attached hydrogen (secondary N) is 2. The van der Waals surface area contributed by atoms with Gasteiger partial charge in [-0.3, -0.25) is 9.59 Å². The summed E-state index contributed by atoms with van der Waals surface area (Å²) >= 11 is 1.57. The molecule has 1 aromatic heterocycles. The summed E-state index contributed by atoms with van der Waals surface area (Å²) in [5.74, 6) is -0.290. The van der Waals surface area contributed by atoms with Crippen LogP contribution in [0.25, 0.3) is 33.4 Å². The predicted octanol–water partition coefficient (Wildman–Crippen LogP) is 6.41. The van der Waals surface area contributed by atoms with Crippen LogP contribution in [0.2, 0.25) is 0 Å². The van der Waals surface area contributed by atoms with Crippen LogP contribution in [-0.2, 0) is 0 Å². The van der Waals surface area contributed by atoms with Crippen molar-refractivity contribution >= 4 is 40.8 Å². The lowest BCUT2D eigenvalue weighted by molar-refractivity contribution is 0.0964. The standard InChI is InChI=1S/C26H23FN2O3S.C6H15NO/c1-4-29(33-3)22-14-23-21(13-20(22)18-7-5-6-16(12-18)15-30)24(26(31)28-2)25(32-23)17-8-10-19(27)11-9-17;1-6(2,5-8)4-7-3/h5-15H,4H2,1-3H3,(H,28,31);7-8H,4-5H2,1-3H3. The highest BCUT2D eigenvalue weighted by Crippen LogP contribution is 2.42. The van der Waals surface area contributed by atoms with Gasteiger partial charge in [-0.25, -0.2) is 4.39 Å². The molecule has 3 aromatic carbocycles. The van der Waals surface area contributed by atoms with Crippen LogP contribution in [-0.4, -0.2) is 57.3 Å². The molecule has 0 saturated carbocycles. The Kier molecular flexibility index (Phi) is 11.1. The van der Waals surface area contributed by atoms with E-state index in [-0.39, 0.29) is 23.7 Å². The summed E-state index contributed by atoms with van der Waals surface area (Å²) in [6.45, 7) is 7.93. The molecule has 0 saturated heterocycles. The Labute approximate surface area is 245 Å². The number of hydrogen-bond acceptors (Lipinski definition) is 7. The van der Waals surface area contributed by atoms with Crippen LogP contribution in [0, 0.1) is 11.2 Å². The third-order valence-corrected chi connectivity index (χ3v) is 7.46. The van der Waals surface area contributed by atoms with Gasteiger partial charge in [-0.1, -0.05) is 44.0 Å². The number of amides is 1. The number of benzene rings is 3. The second-order valence-corrected chi connectivity index (χ2v) is 11.0. The second kappa shape index (κ2) is 14.3. The summed E-state index contributed by atoms with van der Waals surface area (Å²) in [6.07, 6.45) is 2.80. The molecule has 7 nitrogen and oxygen atoms in total. The van der Waals surface area contributed by atoms with E-state index in [0.29, 0.717) is 33.4 Å². The molecule has 0 spiro atoms.